The van der Waals surface area contributed by atoms with Crippen molar-refractivity contribution >= 4 is 12.0 Å². The van der Waals surface area contributed by atoms with E-state index in [1.165, 1.54) is 0 Å². The van der Waals surface area contributed by atoms with Gasteiger partial charge < -0.3 is 14.9 Å². The largest absolute Gasteiger partial charge is 0.481 e. The molecule has 0 aliphatic carbocycles. The molecule has 1 heterocycles. The first kappa shape index (κ1) is 16.8. The number of likely N-dealkylation sites (tertiary alicyclic amines) is 1. The number of hydrogen-bond acceptors (Lipinski definition) is 2. The Bertz CT molecular complexity index is 359. The third kappa shape index (κ3) is 3.25. The van der Waals surface area contributed by atoms with E-state index in [2.05, 4.69) is 6.92 Å². The summed E-state index contributed by atoms with van der Waals surface area (Å²) in [5, 5.41) is 9.49. The Labute approximate surface area is 121 Å². The van der Waals surface area contributed by atoms with Gasteiger partial charge in [-0.3, -0.25) is 4.79 Å². The van der Waals surface area contributed by atoms with Gasteiger partial charge in [0.15, 0.2) is 0 Å². The lowest BCUT2D eigenvalue weighted by Crippen LogP contribution is -2.54. The molecule has 1 saturated heterocycles. The molecule has 1 aliphatic heterocycles. The van der Waals surface area contributed by atoms with Crippen LogP contribution in [0.25, 0.3) is 0 Å². The highest BCUT2D eigenvalue weighted by molar-refractivity contribution is 5.79. The summed E-state index contributed by atoms with van der Waals surface area (Å²) in [4.78, 5) is 27.7. The average Bonchev–Trinajstić information content (AvgIpc) is 2.47. The van der Waals surface area contributed by atoms with Gasteiger partial charge in [0.1, 0.15) is 0 Å². The molecule has 1 aliphatic rings. The van der Waals surface area contributed by atoms with Crippen molar-refractivity contribution in [1.82, 2.24) is 9.80 Å². The van der Waals surface area contributed by atoms with Crippen LogP contribution in [0.4, 0.5) is 4.79 Å². The monoisotopic (exact) mass is 284 g/mol. The average molecular weight is 284 g/mol. The third-order valence-corrected chi connectivity index (χ3v) is 4.69. The number of amides is 2. The van der Waals surface area contributed by atoms with Gasteiger partial charge in [0, 0.05) is 25.7 Å². The van der Waals surface area contributed by atoms with E-state index in [9.17, 15) is 14.7 Å². The number of carbonyl (C=O) groups is 2. The van der Waals surface area contributed by atoms with Crippen molar-refractivity contribution in [3.8, 4) is 0 Å². The molecule has 0 spiro atoms. The number of carboxylic acids is 1. The molecule has 0 saturated carbocycles. The molecule has 2 unspecified atom stereocenters. The molecule has 1 rings (SSSR count). The molecule has 0 bridgehead atoms. The second kappa shape index (κ2) is 6.95. The van der Waals surface area contributed by atoms with Crippen molar-refractivity contribution in [3.63, 3.8) is 0 Å². The van der Waals surface area contributed by atoms with E-state index in [0.29, 0.717) is 32.5 Å². The fourth-order valence-corrected chi connectivity index (χ4v) is 2.95. The van der Waals surface area contributed by atoms with E-state index in [4.69, 9.17) is 0 Å². The minimum absolute atomic E-state index is 0.0133. The highest BCUT2D eigenvalue weighted by Crippen LogP contribution is 2.34. The number of hydrogen-bond donors (Lipinski definition) is 1. The first-order valence-corrected chi connectivity index (χ1v) is 7.70. The summed E-state index contributed by atoms with van der Waals surface area (Å²) in [6.07, 6.45) is 2.91. The Morgan fingerprint density at radius 1 is 1.35 bits per heavy atom. The van der Waals surface area contributed by atoms with Gasteiger partial charge in [-0.2, -0.15) is 0 Å². The number of aliphatic carboxylic acids is 1. The van der Waals surface area contributed by atoms with Crippen LogP contribution in [-0.2, 0) is 4.79 Å². The van der Waals surface area contributed by atoms with E-state index in [-0.39, 0.29) is 12.1 Å². The van der Waals surface area contributed by atoms with Crippen LogP contribution in [-0.4, -0.2) is 52.6 Å². The van der Waals surface area contributed by atoms with Crippen molar-refractivity contribution in [1.29, 1.82) is 0 Å². The number of carboxylic acid groups (broad SMARTS) is 1. The molecule has 5 nitrogen and oxygen atoms in total. The number of nitrogens with zero attached hydrogens (tertiary/aromatic N) is 2. The third-order valence-electron chi connectivity index (χ3n) is 4.69. The molecule has 116 valence electrons. The Kier molecular flexibility index (Phi) is 5.84. The maximum absolute atomic E-state index is 12.6. The molecule has 5 heteroatoms. The van der Waals surface area contributed by atoms with Crippen molar-refractivity contribution in [2.75, 3.05) is 19.6 Å². The summed E-state index contributed by atoms with van der Waals surface area (Å²) in [5.74, 6) is -0.774. The zero-order valence-electron chi connectivity index (χ0n) is 13.2. The minimum atomic E-state index is -0.774. The molecule has 2 amide bonds. The number of piperidine rings is 1. The summed E-state index contributed by atoms with van der Waals surface area (Å²) in [5.41, 5.74) is -0.761. The predicted molar refractivity (Wildman–Crippen MR) is 78.7 cm³/mol. The topological polar surface area (TPSA) is 60.9 Å². The molecule has 0 aromatic heterocycles. The number of rotatable bonds is 5. The molecule has 0 aromatic carbocycles. The van der Waals surface area contributed by atoms with Gasteiger partial charge in [-0.15, -0.1) is 0 Å². The molecule has 2 atom stereocenters. The fraction of sp³-hybridized carbons (Fsp3) is 0.867. The molecule has 0 radical (unpaired) electrons. The Morgan fingerprint density at radius 3 is 2.45 bits per heavy atom. The van der Waals surface area contributed by atoms with Gasteiger partial charge in [-0.05, 0) is 39.5 Å². The highest BCUT2D eigenvalue weighted by Gasteiger charge is 2.43. The van der Waals surface area contributed by atoms with E-state index < -0.39 is 11.4 Å². The number of urea groups is 1. The van der Waals surface area contributed by atoms with Crippen molar-refractivity contribution < 1.29 is 14.7 Å². The van der Waals surface area contributed by atoms with Gasteiger partial charge in [0.05, 0.1) is 5.41 Å². The summed E-state index contributed by atoms with van der Waals surface area (Å²) in [6.45, 7) is 9.63. The van der Waals surface area contributed by atoms with Crippen LogP contribution in [0, 0.1) is 5.41 Å². The van der Waals surface area contributed by atoms with Crippen LogP contribution < -0.4 is 0 Å². The lowest BCUT2D eigenvalue weighted by Gasteiger charge is -2.42. The Hall–Kier alpha value is -1.26. The lowest BCUT2D eigenvalue weighted by molar-refractivity contribution is -0.152. The van der Waals surface area contributed by atoms with E-state index in [1.807, 2.05) is 25.7 Å². The molecular formula is C15H28N2O3. The van der Waals surface area contributed by atoms with Gasteiger partial charge in [-0.1, -0.05) is 13.8 Å². The Morgan fingerprint density at radius 2 is 2.00 bits per heavy atom. The highest BCUT2D eigenvalue weighted by atomic mass is 16.4. The zero-order valence-corrected chi connectivity index (χ0v) is 13.2. The van der Waals surface area contributed by atoms with Gasteiger partial charge in [0.25, 0.3) is 0 Å². The van der Waals surface area contributed by atoms with Crippen LogP contribution in [0.1, 0.15) is 53.4 Å². The van der Waals surface area contributed by atoms with E-state index in [1.54, 1.807) is 4.90 Å². The quantitative estimate of drug-likeness (QED) is 0.844. The van der Waals surface area contributed by atoms with Gasteiger partial charge >= 0.3 is 12.0 Å². The molecule has 1 fully saturated rings. The summed E-state index contributed by atoms with van der Waals surface area (Å²) in [6, 6.07) is 0.177. The SMILES string of the molecule is CCC(C)N(CC)C(=O)N1CCCC(CC)(C(=O)O)C1. The summed E-state index contributed by atoms with van der Waals surface area (Å²) >= 11 is 0. The van der Waals surface area contributed by atoms with E-state index >= 15 is 0 Å². The smallest absolute Gasteiger partial charge is 0.320 e. The molecule has 0 aromatic rings. The number of carbonyl (C=O) groups excluding carboxylic acids is 1. The van der Waals surface area contributed by atoms with Crippen LogP contribution in [0.15, 0.2) is 0 Å². The lowest BCUT2D eigenvalue weighted by atomic mass is 9.78. The Balaban J connectivity index is 2.85. The summed E-state index contributed by atoms with van der Waals surface area (Å²) in [7, 11) is 0. The maximum atomic E-state index is 12.6. The van der Waals surface area contributed by atoms with Crippen LogP contribution >= 0.6 is 0 Å². The summed E-state index contributed by atoms with van der Waals surface area (Å²) < 4.78 is 0. The normalized spacial score (nSPS) is 24.3. The standard InChI is InChI=1S/C15H28N2O3/c1-5-12(4)17(7-3)14(20)16-10-8-9-15(6-2,11-16)13(18)19/h12H,5-11H2,1-4H3,(H,18,19). The first-order chi connectivity index (χ1) is 9.41. The zero-order chi connectivity index (χ0) is 15.3. The van der Waals surface area contributed by atoms with Gasteiger partial charge in [-0.25, -0.2) is 4.79 Å². The molecule has 20 heavy (non-hydrogen) atoms. The van der Waals surface area contributed by atoms with E-state index in [0.717, 1.165) is 12.8 Å². The fourth-order valence-electron chi connectivity index (χ4n) is 2.95. The predicted octanol–water partition coefficient (Wildman–Crippen LogP) is 2.80. The first-order valence-electron chi connectivity index (χ1n) is 7.70. The van der Waals surface area contributed by atoms with Crippen molar-refractivity contribution in [2.45, 2.75) is 59.4 Å². The second-order valence-corrected chi connectivity index (χ2v) is 5.79. The van der Waals surface area contributed by atoms with Crippen LogP contribution in [0.2, 0.25) is 0 Å². The van der Waals surface area contributed by atoms with Crippen molar-refractivity contribution in [3.05, 3.63) is 0 Å². The van der Waals surface area contributed by atoms with Gasteiger partial charge in [0.2, 0.25) is 0 Å². The second-order valence-electron chi connectivity index (χ2n) is 5.79. The minimum Gasteiger partial charge on any atom is -0.481 e. The maximum Gasteiger partial charge on any atom is 0.320 e. The van der Waals surface area contributed by atoms with Crippen molar-refractivity contribution in [2.24, 2.45) is 5.41 Å². The van der Waals surface area contributed by atoms with Crippen LogP contribution in [0.3, 0.4) is 0 Å². The van der Waals surface area contributed by atoms with Crippen LogP contribution in [0.5, 0.6) is 0 Å². The molecular weight excluding hydrogens is 256 g/mol. The molecule has 1 N–H and O–H groups in total.